The second-order valence-corrected chi connectivity index (χ2v) is 6.18. The van der Waals surface area contributed by atoms with Crippen molar-refractivity contribution in [3.05, 3.63) is 35.4 Å². The minimum Gasteiger partial charge on any atom is -0.313 e. The second kappa shape index (κ2) is 7.58. The van der Waals surface area contributed by atoms with Crippen LogP contribution in [0.15, 0.2) is 24.3 Å². The first-order valence-corrected chi connectivity index (χ1v) is 7.34. The molecule has 0 spiro atoms. The molecule has 0 aliphatic rings. The van der Waals surface area contributed by atoms with Crippen LogP contribution in [0.5, 0.6) is 0 Å². The molecule has 0 atom stereocenters. The van der Waals surface area contributed by atoms with Crippen LogP contribution in [0.4, 0.5) is 0 Å². The van der Waals surface area contributed by atoms with E-state index in [1.165, 1.54) is 36.8 Å². The third-order valence-electron chi connectivity index (χ3n) is 3.36. The predicted molar refractivity (Wildman–Crippen MR) is 81.0 cm³/mol. The van der Waals surface area contributed by atoms with E-state index in [4.69, 9.17) is 0 Å². The van der Waals surface area contributed by atoms with Crippen molar-refractivity contribution in [2.45, 2.75) is 65.3 Å². The number of rotatable bonds is 7. The SMILES string of the molecule is CCCCCCNCc1ccc(C(C)(C)C)cc1. The molecule has 0 radical (unpaired) electrons. The van der Waals surface area contributed by atoms with Gasteiger partial charge >= 0.3 is 0 Å². The molecular formula is C17H29N. The molecule has 0 aromatic heterocycles. The largest absolute Gasteiger partial charge is 0.313 e. The van der Waals surface area contributed by atoms with Crippen molar-refractivity contribution >= 4 is 0 Å². The van der Waals surface area contributed by atoms with E-state index in [0.29, 0.717) is 0 Å². The Morgan fingerprint density at radius 1 is 0.944 bits per heavy atom. The van der Waals surface area contributed by atoms with Gasteiger partial charge in [-0.1, -0.05) is 71.2 Å². The molecule has 0 amide bonds. The van der Waals surface area contributed by atoms with Crippen molar-refractivity contribution in [2.75, 3.05) is 6.54 Å². The summed E-state index contributed by atoms with van der Waals surface area (Å²) < 4.78 is 0. The Bertz CT molecular complexity index is 318. The third kappa shape index (κ3) is 5.68. The molecule has 0 heterocycles. The number of hydrogen-bond acceptors (Lipinski definition) is 1. The minimum absolute atomic E-state index is 0.256. The third-order valence-corrected chi connectivity index (χ3v) is 3.36. The summed E-state index contributed by atoms with van der Waals surface area (Å²) in [6, 6.07) is 9.02. The Labute approximate surface area is 113 Å². The van der Waals surface area contributed by atoms with E-state index in [2.05, 4.69) is 57.3 Å². The monoisotopic (exact) mass is 247 g/mol. The van der Waals surface area contributed by atoms with E-state index in [0.717, 1.165) is 13.1 Å². The van der Waals surface area contributed by atoms with Gasteiger partial charge in [-0.05, 0) is 29.5 Å². The van der Waals surface area contributed by atoms with Crippen LogP contribution in [-0.4, -0.2) is 6.54 Å². The second-order valence-electron chi connectivity index (χ2n) is 6.18. The van der Waals surface area contributed by atoms with Gasteiger partial charge in [0.1, 0.15) is 0 Å². The van der Waals surface area contributed by atoms with Gasteiger partial charge in [-0.3, -0.25) is 0 Å². The molecule has 1 aromatic carbocycles. The van der Waals surface area contributed by atoms with Crippen LogP contribution in [0.3, 0.4) is 0 Å². The highest BCUT2D eigenvalue weighted by atomic mass is 14.8. The Hall–Kier alpha value is -0.820. The fraction of sp³-hybridized carbons (Fsp3) is 0.647. The van der Waals surface area contributed by atoms with Crippen molar-refractivity contribution in [1.29, 1.82) is 0 Å². The number of benzene rings is 1. The topological polar surface area (TPSA) is 12.0 Å². The average Bonchev–Trinajstić information content (AvgIpc) is 2.33. The Kier molecular flexibility index (Phi) is 6.42. The maximum atomic E-state index is 3.52. The van der Waals surface area contributed by atoms with Gasteiger partial charge in [0.15, 0.2) is 0 Å². The lowest BCUT2D eigenvalue weighted by Gasteiger charge is -2.19. The lowest BCUT2D eigenvalue weighted by Crippen LogP contribution is -2.15. The Morgan fingerprint density at radius 3 is 2.17 bits per heavy atom. The zero-order chi connectivity index (χ0) is 13.4. The molecule has 0 saturated heterocycles. The van der Waals surface area contributed by atoms with E-state index >= 15 is 0 Å². The van der Waals surface area contributed by atoms with Crippen molar-refractivity contribution in [2.24, 2.45) is 0 Å². The summed E-state index contributed by atoms with van der Waals surface area (Å²) in [6.07, 6.45) is 5.33. The average molecular weight is 247 g/mol. The Balaban J connectivity index is 2.27. The quantitative estimate of drug-likeness (QED) is 0.691. The molecular weight excluding hydrogens is 218 g/mol. The van der Waals surface area contributed by atoms with Crippen molar-refractivity contribution in [3.8, 4) is 0 Å². The summed E-state index contributed by atoms with van der Waals surface area (Å²) in [5.74, 6) is 0. The fourth-order valence-electron chi connectivity index (χ4n) is 2.03. The lowest BCUT2D eigenvalue weighted by molar-refractivity contribution is 0.587. The van der Waals surface area contributed by atoms with Crippen LogP contribution < -0.4 is 5.32 Å². The molecule has 1 rings (SSSR count). The molecule has 102 valence electrons. The van der Waals surface area contributed by atoms with E-state index in [1.807, 2.05) is 0 Å². The fourth-order valence-corrected chi connectivity index (χ4v) is 2.03. The van der Waals surface area contributed by atoms with Crippen LogP contribution in [-0.2, 0) is 12.0 Å². The molecule has 0 fully saturated rings. The van der Waals surface area contributed by atoms with Crippen LogP contribution in [0, 0.1) is 0 Å². The van der Waals surface area contributed by atoms with Crippen molar-refractivity contribution < 1.29 is 0 Å². The Morgan fingerprint density at radius 2 is 1.61 bits per heavy atom. The zero-order valence-corrected chi connectivity index (χ0v) is 12.6. The van der Waals surface area contributed by atoms with Crippen LogP contribution in [0.2, 0.25) is 0 Å². The van der Waals surface area contributed by atoms with Crippen LogP contribution in [0.1, 0.15) is 64.5 Å². The molecule has 0 bridgehead atoms. The van der Waals surface area contributed by atoms with E-state index in [-0.39, 0.29) is 5.41 Å². The molecule has 0 aliphatic heterocycles. The standard InChI is InChI=1S/C17H29N/c1-5-6-7-8-13-18-14-15-9-11-16(12-10-15)17(2,3)4/h9-12,18H,5-8,13-14H2,1-4H3. The zero-order valence-electron chi connectivity index (χ0n) is 12.6. The van der Waals surface area contributed by atoms with Gasteiger partial charge < -0.3 is 5.32 Å². The number of hydrogen-bond donors (Lipinski definition) is 1. The molecule has 0 unspecified atom stereocenters. The smallest absolute Gasteiger partial charge is 0.0205 e. The lowest BCUT2D eigenvalue weighted by atomic mass is 9.87. The van der Waals surface area contributed by atoms with Gasteiger partial charge in [0.2, 0.25) is 0 Å². The molecule has 1 aromatic rings. The predicted octanol–water partition coefficient (Wildman–Crippen LogP) is 4.65. The first kappa shape index (κ1) is 15.2. The van der Waals surface area contributed by atoms with E-state index < -0.39 is 0 Å². The van der Waals surface area contributed by atoms with Gasteiger partial charge in [-0.25, -0.2) is 0 Å². The summed E-state index contributed by atoms with van der Waals surface area (Å²) >= 11 is 0. The molecule has 0 aliphatic carbocycles. The van der Waals surface area contributed by atoms with Gasteiger partial charge in [0, 0.05) is 6.54 Å². The molecule has 1 N–H and O–H groups in total. The highest BCUT2D eigenvalue weighted by Gasteiger charge is 2.12. The van der Waals surface area contributed by atoms with Gasteiger partial charge in [-0.15, -0.1) is 0 Å². The molecule has 1 nitrogen and oxygen atoms in total. The number of unbranched alkanes of at least 4 members (excludes halogenated alkanes) is 3. The van der Waals surface area contributed by atoms with Crippen LogP contribution in [0.25, 0.3) is 0 Å². The van der Waals surface area contributed by atoms with Gasteiger partial charge in [0.05, 0.1) is 0 Å². The highest BCUT2D eigenvalue weighted by Crippen LogP contribution is 2.22. The summed E-state index contributed by atoms with van der Waals surface area (Å²) in [5.41, 5.74) is 3.05. The first-order chi connectivity index (χ1) is 8.54. The summed E-state index contributed by atoms with van der Waals surface area (Å²) in [7, 11) is 0. The summed E-state index contributed by atoms with van der Waals surface area (Å²) in [6.45, 7) is 11.2. The molecule has 0 saturated carbocycles. The number of nitrogens with one attached hydrogen (secondary N) is 1. The molecule has 1 heteroatoms. The summed E-state index contributed by atoms with van der Waals surface area (Å²) in [5, 5.41) is 3.52. The summed E-state index contributed by atoms with van der Waals surface area (Å²) in [4.78, 5) is 0. The maximum Gasteiger partial charge on any atom is 0.0205 e. The van der Waals surface area contributed by atoms with E-state index in [9.17, 15) is 0 Å². The van der Waals surface area contributed by atoms with E-state index in [1.54, 1.807) is 0 Å². The van der Waals surface area contributed by atoms with Gasteiger partial charge in [0.25, 0.3) is 0 Å². The van der Waals surface area contributed by atoms with Gasteiger partial charge in [-0.2, -0.15) is 0 Å². The minimum atomic E-state index is 0.256. The normalized spacial score (nSPS) is 11.8. The molecule has 18 heavy (non-hydrogen) atoms. The van der Waals surface area contributed by atoms with Crippen LogP contribution >= 0.6 is 0 Å². The maximum absolute atomic E-state index is 3.52. The highest BCUT2D eigenvalue weighted by molar-refractivity contribution is 5.27. The van der Waals surface area contributed by atoms with Crippen molar-refractivity contribution in [1.82, 2.24) is 5.32 Å². The first-order valence-electron chi connectivity index (χ1n) is 7.34. The van der Waals surface area contributed by atoms with Crippen molar-refractivity contribution in [3.63, 3.8) is 0 Å².